The van der Waals surface area contributed by atoms with Crippen molar-refractivity contribution in [2.45, 2.75) is 5.75 Å². The first-order chi connectivity index (χ1) is 7.15. The van der Waals surface area contributed by atoms with Gasteiger partial charge in [0.1, 0.15) is 18.3 Å². The van der Waals surface area contributed by atoms with E-state index in [0.29, 0.717) is 0 Å². The first kappa shape index (κ1) is 13.1. The zero-order valence-corrected chi connectivity index (χ0v) is 9.23. The van der Waals surface area contributed by atoms with Crippen LogP contribution in [0.3, 0.4) is 0 Å². The van der Waals surface area contributed by atoms with E-state index < -0.39 is 50.3 Å². The minimum atomic E-state index is -2.65. The van der Waals surface area contributed by atoms with E-state index >= 15 is 0 Å². The Morgan fingerprint density at radius 2 is 1.12 bits per heavy atom. The lowest BCUT2D eigenvalue weighted by molar-refractivity contribution is 0.372. The Hall–Kier alpha value is -0.980. The van der Waals surface area contributed by atoms with Crippen LogP contribution in [0.15, 0.2) is 0 Å². The summed E-state index contributed by atoms with van der Waals surface area (Å²) in [5.41, 5.74) is -1.04. The van der Waals surface area contributed by atoms with Crippen molar-refractivity contribution in [1.82, 2.24) is 0 Å². The fourth-order valence-corrected chi connectivity index (χ4v) is 2.07. The molecule has 0 N–H and O–H groups in total. The smallest absolute Gasteiger partial charge is 0.200 e. The Balaban J connectivity index is 3.46. The van der Waals surface area contributed by atoms with Crippen molar-refractivity contribution < 1.29 is 26.2 Å². The summed E-state index contributed by atoms with van der Waals surface area (Å²) in [5, 5.41) is 0. The van der Waals surface area contributed by atoms with Gasteiger partial charge in [0.05, 0.1) is 15.5 Å². The van der Waals surface area contributed by atoms with Crippen LogP contribution in [0.5, 0.6) is 0 Å². The highest BCUT2D eigenvalue weighted by molar-refractivity contribution is 8.00. The van der Waals surface area contributed by atoms with Gasteiger partial charge in [0.25, 0.3) is 0 Å². The summed E-state index contributed by atoms with van der Waals surface area (Å²) in [5.74, 6) is -10.8. The molecule has 0 amide bonds. The molecule has 0 radical (unpaired) electrons. The van der Waals surface area contributed by atoms with Crippen LogP contribution in [0, 0.1) is 29.1 Å². The fourth-order valence-electron chi connectivity index (χ4n) is 1.12. The van der Waals surface area contributed by atoms with Gasteiger partial charge in [0.2, 0.25) is 5.82 Å². The maximum atomic E-state index is 13.1. The van der Waals surface area contributed by atoms with Crippen LogP contribution in [0.1, 0.15) is 5.56 Å². The highest BCUT2D eigenvalue weighted by atomic mass is 32.2. The Bertz CT molecular complexity index is 450. The summed E-state index contributed by atoms with van der Waals surface area (Å²) in [7, 11) is -2.65. The first-order valence-electron chi connectivity index (χ1n) is 4.07. The van der Waals surface area contributed by atoms with Gasteiger partial charge >= 0.3 is 0 Å². The Morgan fingerprint density at radius 3 is 1.44 bits per heavy atom. The zero-order chi connectivity index (χ0) is 12.7. The molecule has 1 aromatic carbocycles. The summed E-state index contributed by atoms with van der Waals surface area (Å²) in [4.78, 5) is 0. The molecule has 1 nitrogen and oxygen atoms in total. The molecule has 0 aromatic heterocycles. The van der Waals surface area contributed by atoms with E-state index in [4.69, 9.17) is 0 Å². The van der Waals surface area contributed by atoms with Gasteiger partial charge in [0.15, 0.2) is 23.3 Å². The molecule has 7 heteroatoms. The second-order valence-corrected chi connectivity index (χ2v) is 6.79. The van der Waals surface area contributed by atoms with E-state index in [1.165, 1.54) is 12.5 Å². The molecule has 0 heterocycles. The fraction of sp³-hybridized carbons (Fsp3) is 0.333. The number of benzene rings is 1. The summed E-state index contributed by atoms with van der Waals surface area (Å²) in [6.07, 6.45) is 2.34. The van der Waals surface area contributed by atoms with E-state index in [1.807, 2.05) is 0 Å². The van der Waals surface area contributed by atoms with Crippen LogP contribution in [0.4, 0.5) is 22.0 Å². The van der Waals surface area contributed by atoms with Crippen molar-refractivity contribution in [2.24, 2.45) is 0 Å². The van der Waals surface area contributed by atoms with Gasteiger partial charge in [-0.2, -0.15) is 0 Å². The first-order valence-corrected chi connectivity index (χ1v) is 6.61. The topological polar surface area (TPSA) is 17.1 Å². The van der Waals surface area contributed by atoms with E-state index in [2.05, 4.69) is 0 Å². The van der Waals surface area contributed by atoms with Gasteiger partial charge in [0, 0.05) is 0 Å². The van der Waals surface area contributed by atoms with Crippen LogP contribution in [0.25, 0.3) is 0 Å². The minimum absolute atomic E-state index is 0.696. The highest BCUT2D eigenvalue weighted by Gasteiger charge is 2.29. The predicted octanol–water partition coefficient (Wildman–Crippen LogP) is 2.64. The number of halogens is 5. The standard InChI is InChI=1S/C9H8F5OS/c1-16(2,15)3-4-5(10)7(12)9(14)8(13)6(4)11/h3H2,1-2H3/q+1. The molecule has 1 aromatic rings. The van der Waals surface area contributed by atoms with Crippen molar-refractivity contribution in [3.05, 3.63) is 34.6 Å². The molecule has 0 aliphatic carbocycles. The maximum absolute atomic E-state index is 13.1. The van der Waals surface area contributed by atoms with E-state index in [-0.39, 0.29) is 0 Å². The third-order valence-corrected chi connectivity index (χ3v) is 2.78. The third kappa shape index (κ3) is 2.40. The second kappa shape index (κ2) is 4.12. The molecular formula is C9H8F5OS+. The van der Waals surface area contributed by atoms with Crippen LogP contribution in [-0.2, 0) is 19.9 Å². The van der Waals surface area contributed by atoms with Crippen molar-refractivity contribution in [3.8, 4) is 0 Å². The number of rotatable bonds is 2. The molecule has 0 saturated heterocycles. The predicted molar refractivity (Wildman–Crippen MR) is 49.8 cm³/mol. The molecule has 0 unspecified atom stereocenters. The number of hydrogen-bond donors (Lipinski definition) is 0. The molecule has 0 saturated carbocycles. The molecule has 0 atom stereocenters. The molecule has 0 fully saturated rings. The quantitative estimate of drug-likeness (QED) is 0.345. The summed E-state index contributed by atoms with van der Waals surface area (Å²) in [6.45, 7) is 0. The molecular weight excluding hydrogens is 251 g/mol. The van der Waals surface area contributed by atoms with Gasteiger partial charge in [-0.3, -0.25) is 0 Å². The SMILES string of the molecule is C[S+](C)(=O)Cc1c(F)c(F)c(F)c(F)c1F. The normalized spacial score (nSPS) is 11.9. The monoisotopic (exact) mass is 259 g/mol. The average Bonchev–Trinajstić information content (AvgIpc) is 2.17. The summed E-state index contributed by atoms with van der Waals surface area (Å²) < 4.78 is 75.5. The Kier molecular flexibility index (Phi) is 3.37. The largest absolute Gasteiger partial charge is 0.203 e. The molecule has 16 heavy (non-hydrogen) atoms. The van der Waals surface area contributed by atoms with Crippen LogP contribution < -0.4 is 0 Å². The highest BCUT2D eigenvalue weighted by Crippen LogP contribution is 2.25. The van der Waals surface area contributed by atoms with Crippen molar-refractivity contribution in [2.75, 3.05) is 12.5 Å². The second-order valence-electron chi connectivity index (χ2n) is 3.63. The molecule has 90 valence electrons. The summed E-state index contributed by atoms with van der Waals surface area (Å²) >= 11 is 0. The van der Waals surface area contributed by atoms with Gasteiger partial charge in [-0.05, 0) is 0 Å². The minimum Gasteiger partial charge on any atom is -0.203 e. The molecule has 0 spiro atoms. The average molecular weight is 259 g/mol. The Morgan fingerprint density at radius 1 is 0.812 bits per heavy atom. The number of hydrogen-bond acceptors (Lipinski definition) is 1. The third-order valence-electron chi connectivity index (χ3n) is 1.79. The van der Waals surface area contributed by atoms with Gasteiger partial charge in [-0.25, -0.2) is 22.0 Å². The lowest BCUT2D eigenvalue weighted by Crippen LogP contribution is -2.15. The molecule has 0 aliphatic heterocycles. The molecule has 0 aliphatic rings. The maximum Gasteiger partial charge on any atom is 0.200 e. The van der Waals surface area contributed by atoms with Gasteiger partial charge in [-0.1, -0.05) is 0 Å². The van der Waals surface area contributed by atoms with Crippen LogP contribution in [0.2, 0.25) is 0 Å². The van der Waals surface area contributed by atoms with Crippen molar-refractivity contribution in [1.29, 1.82) is 0 Å². The van der Waals surface area contributed by atoms with E-state index in [0.717, 1.165) is 0 Å². The van der Waals surface area contributed by atoms with Crippen molar-refractivity contribution >= 4 is 9.93 Å². The Labute approximate surface area is 89.7 Å². The molecule has 1 rings (SSSR count). The summed E-state index contributed by atoms with van der Waals surface area (Å²) in [6, 6.07) is 0. The lowest BCUT2D eigenvalue weighted by atomic mass is 10.2. The van der Waals surface area contributed by atoms with Crippen LogP contribution in [-0.4, -0.2) is 12.5 Å². The van der Waals surface area contributed by atoms with Gasteiger partial charge < -0.3 is 0 Å². The zero-order valence-electron chi connectivity index (χ0n) is 8.41. The van der Waals surface area contributed by atoms with Crippen LogP contribution >= 0.6 is 0 Å². The van der Waals surface area contributed by atoms with Crippen molar-refractivity contribution in [3.63, 3.8) is 0 Å². The van der Waals surface area contributed by atoms with E-state index in [9.17, 15) is 26.2 Å². The van der Waals surface area contributed by atoms with Gasteiger partial charge in [-0.15, -0.1) is 4.21 Å². The van der Waals surface area contributed by atoms with E-state index in [1.54, 1.807) is 0 Å². The lowest BCUT2D eigenvalue weighted by Gasteiger charge is -2.07. The molecule has 0 bridgehead atoms.